The Hall–Kier alpha value is -1.81. The van der Waals surface area contributed by atoms with Crippen LogP contribution in [0.3, 0.4) is 0 Å². The zero-order chi connectivity index (χ0) is 12.4. The summed E-state index contributed by atoms with van der Waals surface area (Å²) in [5.41, 5.74) is 1.67. The molecule has 4 nitrogen and oxygen atoms in total. The van der Waals surface area contributed by atoms with Gasteiger partial charge in [-0.3, -0.25) is 4.79 Å². The molecular formula is C13H15NO3. The minimum absolute atomic E-state index is 0.254. The highest BCUT2D eigenvalue weighted by Gasteiger charge is 2.26. The summed E-state index contributed by atoms with van der Waals surface area (Å²) in [5, 5.41) is 13.1. The lowest BCUT2D eigenvalue weighted by Gasteiger charge is -2.19. The molecule has 0 saturated heterocycles. The van der Waals surface area contributed by atoms with Gasteiger partial charge in [-0.2, -0.15) is 0 Å². The van der Waals surface area contributed by atoms with Gasteiger partial charge in [0.1, 0.15) is 5.58 Å². The minimum Gasteiger partial charge on any atom is -0.481 e. The maximum absolute atomic E-state index is 11.1. The molecular weight excluding hydrogens is 218 g/mol. The first-order valence-corrected chi connectivity index (χ1v) is 5.51. The van der Waals surface area contributed by atoms with E-state index in [1.807, 2.05) is 24.3 Å². The fourth-order valence-corrected chi connectivity index (χ4v) is 2.06. The SMILES string of the molecule is CNC(c1coc2ccccc12)C(C)C(=O)O. The van der Waals surface area contributed by atoms with Crippen molar-refractivity contribution in [1.82, 2.24) is 5.32 Å². The van der Waals surface area contributed by atoms with Gasteiger partial charge in [0, 0.05) is 17.0 Å². The molecule has 0 spiro atoms. The second-order valence-electron chi connectivity index (χ2n) is 4.08. The Morgan fingerprint density at radius 1 is 1.41 bits per heavy atom. The van der Waals surface area contributed by atoms with E-state index in [2.05, 4.69) is 5.32 Å². The Morgan fingerprint density at radius 2 is 2.12 bits per heavy atom. The van der Waals surface area contributed by atoms with Gasteiger partial charge in [-0.25, -0.2) is 0 Å². The highest BCUT2D eigenvalue weighted by Crippen LogP contribution is 2.30. The van der Waals surface area contributed by atoms with E-state index in [1.54, 1.807) is 20.2 Å². The molecule has 1 aromatic heterocycles. The number of carboxylic acid groups (broad SMARTS) is 1. The van der Waals surface area contributed by atoms with Gasteiger partial charge in [-0.05, 0) is 13.1 Å². The van der Waals surface area contributed by atoms with Crippen LogP contribution >= 0.6 is 0 Å². The molecule has 0 radical (unpaired) electrons. The number of nitrogens with one attached hydrogen (secondary N) is 1. The van der Waals surface area contributed by atoms with Gasteiger partial charge < -0.3 is 14.8 Å². The molecule has 2 N–H and O–H groups in total. The van der Waals surface area contributed by atoms with E-state index in [9.17, 15) is 4.79 Å². The molecule has 4 heteroatoms. The molecule has 0 aliphatic carbocycles. The molecule has 1 aromatic carbocycles. The number of para-hydroxylation sites is 1. The average molecular weight is 233 g/mol. The van der Waals surface area contributed by atoms with Gasteiger partial charge in [-0.1, -0.05) is 25.1 Å². The largest absolute Gasteiger partial charge is 0.481 e. The number of hydrogen-bond acceptors (Lipinski definition) is 3. The van der Waals surface area contributed by atoms with Crippen molar-refractivity contribution in [3.05, 3.63) is 36.1 Å². The van der Waals surface area contributed by atoms with Crippen LogP contribution in [-0.4, -0.2) is 18.1 Å². The summed E-state index contributed by atoms with van der Waals surface area (Å²) < 4.78 is 5.43. The van der Waals surface area contributed by atoms with E-state index >= 15 is 0 Å². The van der Waals surface area contributed by atoms with Crippen LogP contribution < -0.4 is 5.32 Å². The second-order valence-corrected chi connectivity index (χ2v) is 4.08. The molecule has 0 saturated carbocycles. The standard InChI is InChI=1S/C13H15NO3/c1-8(13(15)16)12(14-2)10-7-17-11-6-4-3-5-9(10)11/h3-8,12,14H,1-2H3,(H,15,16). The van der Waals surface area contributed by atoms with Gasteiger partial charge >= 0.3 is 5.97 Å². The second kappa shape index (κ2) is 4.59. The van der Waals surface area contributed by atoms with Crippen LogP contribution in [0.1, 0.15) is 18.5 Å². The third-order valence-electron chi connectivity index (χ3n) is 3.05. The fraction of sp³-hybridized carbons (Fsp3) is 0.308. The third kappa shape index (κ3) is 2.03. The van der Waals surface area contributed by atoms with Crippen LogP contribution in [0.5, 0.6) is 0 Å². The van der Waals surface area contributed by atoms with Crippen molar-refractivity contribution in [3.63, 3.8) is 0 Å². The van der Waals surface area contributed by atoms with Crippen molar-refractivity contribution in [2.24, 2.45) is 5.92 Å². The Labute approximate surface area is 99.2 Å². The number of carbonyl (C=O) groups is 1. The van der Waals surface area contributed by atoms with E-state index in [1.165, 1.54) is 0 Å². The van der Waals surface area contributed by atoms with E-state index in [4.69, 9.17) is 9.52 Å². The van der Waals surface area contributed by atoms with E-state index in [-0.39, 0.29) is 6.04 Å². The zero-order valence-corrected chi connectivity index (χ0v) is 9.81. The first-order valence-electron chi connectivity index (χ1n) is 5.51. The summed E-state index contributed by atoms with van der Waals surface area (Å²) in [6, 6.07) is 7.37. The van der Waals surface area contributed by atoms with Crippen molar-refractivity contribution in [2.75, 3.05) is 7.05 Å². The lowest BCUT2D eigenvalue weighted by atomic mass is 9.94. The van der Waals surface area contributed by atoms with Gasteiger partial charge in [0.15, 0.2) is 0 Å². The summed E-state index contributed by atoms with van der Waals surface area (Å²) in [5.74, 6) is -1.34. The number of furan rings is 1. The van der Waals surface area contributed by atoms with E-state index < -0.39 is 11.9 Å². The maximum atomic E-state index is 11.1. The van der Waals surface area contributed by atoms with Crippen LogP contribution in [0.2, 0.25) is 0 Å². The van der Waals surface area contributed by atoms with Crippen molar-refractivity contribution in [2.45, 2.75) is 13.0 Å². The molecule has 0 fully saturated rings. The summed E-state index contributed by atoms with van der Waals surface area (Å²) in [4.78, 5) is 11.1. The third-order valence-corrected chi connectivity index (χ3v) is 3.05. The first kappa shape index (κ1) is 11.7. The quantitative estimate of drug-likeness (QED) is 0.851. The number of carboxylic acids is 1. The van der Waals surface area contributed by atoms with Crippen LogP contribution in [0.4, 0.5) is 0 Å². The first-order chi connectivity index (χ1) is 8.15. The Balaban J connectivity index is 2.47. The zero-order valence-electron chi connectivity index (χ0n) is 9.81. The fourth-order valence-electron chi connectivity index (χ4n) is 2.06. The van der Waals surface area contributed by atoms with Crippen molar-refractivity contribution < 1.29 is 14.3 Å². The highest BCUT2D eigenvalue weighted by atomic mass is 16.4. The van der Waals surface area contributed by atoms with Crippen LogP contribution in [-0.2, 0) is 4.79 Å². The summed E-state index contributed by atoms with van der Waals surface area (Å²) in [6.45, 7) is 1.69. The molecule has 0 amide bonds. The molecule has 90 valence electrons. The van der Waals surface area contributed by atoms with Crippen molar-refractivity contribution >= 4 is 16.9 Å². The van der Waals surface area contributed by atoms with Gasteiger partial charge in [0.25, 0.3) is 0 Å². The van der Waals surface area contributed by atoms with Gasteiger partial charge in [0.2, 0.25) is 0 Å². The average Bonchev–Trinajstić information content (AvgIpc) is 2.74. The number of benzene rings is 1. The highest BCUT2D eigenvalue weighted by molar-refractivity contribution is 5.82. The molecule has 1 heterocycles. The van der Waals surface area contributed by atoms with E-state index in [0.717, 1.165) is 16.5 Å². The number of aliphatic carboxylic acids is 1. The van der Waals surface area contributed by atoms with Crippen LogP contribution in [0.15, 0.2) is 34.9 Å². The molecule has 2 rings (SSSR count). The molecule has 17 heavy (non-hydrogen) atoms. The van der Waals surface area contributed by atoms with E-state index in [0.29, 0.717) is 0 Å². The van der Waals surface area contributed by atoms with Crippen molar-refractivity contribution in [1.29, 1.82) is 0 Å². The monoisotopic (exact) mass is 233 g/mol. The lowest BCUT2D eigenvalue weighted by Crippen LogP contribution is -2.28. The number of rotatable bonds is 4. The van der Waals surface area contributed by atoms with Crippen LogP contribution in [0, 0.1) is 5.92 Å². The summed E-state index contributed by atoms with van der Waals surface area (Å²) in [6.07, 6.45) is 1.63. The Bertz CT molecular complexity index is 532. The van der Waals surface area contributed by atoms with Crippen LogP contribution in [0.25, 0.3) is 11.0 Å². The molecule has 2 atom stereocenters. The normalized spacial score (nSPS) is 14.7. The Morgan fingerprint density at radius 3 is 2.76 bits per heavy atom. The van der Waals surface area contributed by atoms with Gasteiger partial charge in [-0.15, -0.1) is 0 Å². The molecule has 0 bridgehead atoms. The maximum Gasteiger partial charge on any atom is 0.308 e. The summed E-state index contributed by atoms with van der Waals surface area (Å²) in [7, 11) is 1.76. The Kier molecular flexibility index (Phi) is 3.15. The lowest BCUT2D eigenvalue weighted by molar-refractivity contribution is -0.142. The molecule has 2 unspecified atom stereocenters. The predicted molar refractivity (Wildman–Crippen MR) is 64.8 cm³/mol. The molecule has 2 aromatic rings. The minimum atomic E-state index is -0.824. The molecule has 0 aliphatic rings. The topological polar surface area (TPSA) is 62.5 Å². The van der Waals surface area contributed by atoms with Crippen molar-refractivity contribution in [3.8, 4) is 0 Å². The number of hydrogen-bond donors (Lipinski definition) is 2. The smallest absolute Gasteiger partial charge is 0.308 e. The number of fused-ring (bicyclic) bond motifs is 1. The van der Waals surface area contributed by atoms with Gasteiger partial charge in [0.05, 0.1) is 12.2 Å². The summed E-state index contributed by atoms with van der Waals surface area (Å²) >= 11 is 0. The predicted octanol–water partition coefficient (Wildman–Crippen LogP) is 2.41. The molecule has 0 aliphatic heterocycles.